The summed E-state index contributed by atoms with van der Waals surface area (Å²) in [7, 11) is 0. The number of anilines is 2. The molecule has 3 nitrogen and oxygen atoms in total. The lowest BCUT2D eigenvalue weighted by molar-refractivity contribution is 0.706. The molecule has 0 spiro atoms. The van der Waals surface area contributed by atoms with Gasteiger partial charge in [-0.15, -0.1) is 0 Å². The number of aryl methyl sites for hydroxylation is 1. The molecule has 0 amide bonds. The van der Waals surface area contributed by atoms with Crippen molar-refractivity contribution in [2.45, 2.75) is 25.8 Å². The van der Waals surface area contributed by atoms with Crippen LogP contribution in [0.25, 0.3) is 0 Å². The van der Waals surface area contributed by atoms with Gasteiger partial charge in [-0.05, 0) is 37.5 Å². The van der Waals surface area contributed by atoms with E-state index < -0.39 is 0 Å². The van der Waals surface area contributed by atoms with Gasteiger partial charge in [0.15, 0.2) is 0 Å². The fourth-order valence-corrected chi connectivity index (χ4v) is 2.15. The summed E-state index contributed by atoms with van der Waals surface area (Å²) in [5, 5.41) is 12.4. The molecule has 2 rings (SSSR count). The Bertz CT molecular complexity index is 599. The normalized spacial score (nSPS) is 11.6. The van der Waals surface area contributed by atoms with Crippen LogP contribution in [0.5, 0.6) is 0 Å². The Morgan fingerprint density at radius 1 is 1.15 bits per heavy atom. The number of nitriles is 1. The van der Waals surface area contributed by atoms with Crippen LogP contribution in [0.3, 0.4) is 0 Å². The van der Waals surface area contributed by atoms with Gasteiger partial charge in [-0.25, -0.2) is 0 Å². The lowest BCUT2D eigenvalue weighted by Crippen LogP contribution is -2.17. The van der Waals surface area contributed by atoms with Crippen molar-refractivity contribution >= 4 is 11.4 Å². The smallest absolute Gasteiger partial charge is 0.101 e. The first kappa shape index (κ1) is 14.0. The van der Waals surface area contributed by atoms with Gasteiger partial charge in [-0.3, -0.25) is 0 Å². The van der Waals surface area contributed by atoms with Gasteiger partial charge in [0.2, 0.25) is 0 Å². The third-order valence-electron chi connectivity index (χ3n) is 3.34. The first-order valence-corrected chi connectivity index (χ1v) is 6.79. The van der Waals surface area contributed by atoms with E-state index in [1.165, 1.54) is 5.56 Å². The average molecular weight is 265 g/mol. The molecule has 0 aromatic heterocycles. The van der Waals surface area contributed by atoms with Gasteiger partial charge < -0.3 is 11.1 Å². The highest BCUT2D eigenvalue weighted by Gasteiger charge is 2.07. The summed E-state index contributed by atoms with van der Waals surface area (Å²) in [6.07, 6.45) is 2.03. The summed E-state index contributed by atoms with van der Waals surface area (Å²) in [6.45, 7) is 2.13. The number of para-hydroxylation sites is 1. The maximum absolute atomic E-state index is 8.97. The lowest BCUT2D eigenvalue weighted by Gasteiger charge is -2.17. The van der Waals surface area contributed by atoms with Crippen LogP contribution in [-0.4, -0.2) is 6.04 Å². The number of nitrogens with one attached hydrogen (secondary N) is 1. The van der Waals surface area contributed by atoms with E-state index in [2.05, 4.69) is 42.6 Å². The summed E-state index contributed by atoms with van der Waals surface area (Å²) in [5.74, 6) is 0. The Kier molecular flexibility index (Phi) is 4.62. The largest absolute Gasteiger partial charge is 0.396 e. The van der Waals surface area contributed by atoms with Crippen molar-refractivity contribution in [3.05, 3.63) is 59.7 Å². The molecule has 2 aromatic rings. The van der Waals surface area contributed by atoms with Gasteiger partial charge in [0.1, 0.15) is 6.07 Å². The highest BCUT2D eigenvalue weighted by molar-refractivity contribution is 5.73. The predicted octanol–water partition coefficient (Wildman–Crippen LogP) is 3.57. The van der Waals surface area contributed by atoms with Gasteiger partial charge in [0.05, 0.1) is 16.9 Å². The minimum absolute atomic E-state index is 0.298. The lowest BCUT2D eigenvalue weighted by atomic mass is 10.1. The number of hydrogen-bond donors (Lipinski definition) is 2. The van der Waals surface area contributed by atoms with Gasteiger partial charge in [0, 0.05) is 6.04 Å². The molecule has 1 unspecified atom stereocenters. The average Bonchev–Trinajstić information content (AvgIpc) is 2.48. The third-order valence-corrected chi connectivity index (χ3v) is 3.34. The molecule has 0 aliphatic carbocycles. The molecule has 0 radical (unpaired) electrons. The third kappa shape index (κ3) is 3.52. The van der Waals surface area contributed by atoms with E-state index in [1.807, 2.05) is 18.2 Å². The molecule has 3 heteroatoms. The molecule has 0 heterocycles. The Morgan fingerprint density at radius 2 is 1.90 bits per heavy atom. The molecule has 0 aliphatic rings. The van der Waals surface area contributed by atoms with E-state index >= 15 is 0 Å². The van der Waals surface area contributed by atoms with E-state index in [4.69, 9.17) is 11.0 Å². The first-order chi connectivity index (χ1) is 9.70. The minimum atomic E-state index is 0.298. The number of nitrogens with two attached hydrogens (primary N) is 1. The summed E-state index contributed by atoms with van der Waals surface area (Å²) in [4.78, 5) is 0. The zero-order chi connectivity index (χ0) is 14.4. The van der Waals surface area contributed by atoms with Crippen molar-refractivity contribution in [2.75, 3.05) is 11.1 Å². The second-order valence-corrected chi connectivity index (χ2v) is 4.95. The topological polar surface area (TPSA) is 61.8 Å². The summed E-state index contributed by atoms with van der Waals surface area (Å²) < 4.78 is 0. The van der Waals surface area contributed by atoms with Crippen LogP contribution in [0.15, 0.2) is 48.5 Å². The zero-order valence-electron chi connectivity index (χ0n) is 11.6. The maximum Gasteiger partial charge on any atom is 0.101 e. The molecule has 0 aliphatic heterocycles. The molecular formula is C17H19N3. The molecule has 0 saturated carbocycles. The SMILES string of the molecule is CC(CCc1ccccc1)Nc1cccc(C#N)c1N. The van der Waals surface area contributed by atoms with Crippen LogP contribution in [0.1, 0.15) is 24.5 Å². The Morgan fingerprint density at radius 3 is 2.60 bits per heavy atom. The van der Waals surface area contributed by atoms with Crippen LogP contribution in [-0.2, 0) is 6.42 Å². The number of hydrogen-bond acceptors (Lipinski definition) is 3. The zero-order valence-corrected chi connectivity index (χ0v) is 11.6. The predicted molar refractivity (Wildman–Crippen MR) is 83.4 cm³/mol. The van der Waals surface area contributed by atoms with Crippen molar-refractivity contribution in [3.8, 4) is 6.07 Å². The van der Waals surface area contributed by atoms with Gasteiger partial charge >= 0.3 is 0 Å². The van der Waals surface area contributed by atoms with E-state index in [-0.39, 0.29) is 0 Å². The molecule has 1 atom stereocenters. The summed E-state index contributed by atoms with van der Waals surface area (Å²) in [6, 6.07) is 18.3. The molecule has 0 saturated heterocycles. The van der Waals surface area contributed by atoms with Crippen LogP contribution in [0.2, 0.25) is 0 Å². The molecular weight excluding hydrogens is 246 g/mol. The monoisotopic (exact) mass is 265 g/mol. The van der Waals surface area contributed by atoms with E-state index in [9.17, 15) is 0 Å². The van der Waals surface area contributed by atoms with Crippen molar-refractivity contribution in [3.63, 3.8) is 0 Å². The van der Waals surface area contributed by atoms with E-state index in [0.717, 1.165) is 18.5 Å². The molecule has 102 valence electrons. The maximum atomic E-state index is 8.97. The van der Waals surface area contributed by atoms with Crippen LogP contribution in [0.4, 0.5) is 11.4 Å². The van der Waals surface area contributed by atoms with E-state index in [1.54, 1.807) is 6.07 Å². The van der Waals surface area contributed by atoms with E-state index in [0.29, 0.717) is 17.3 Å². The summed E-state index contributed by atoms with van der Waals surface area (Å²) >= 11 is 0. The molecule has 3 N–H and O–H groups in total. The summed E-state index contributed by atoms with van der Waals surface area (Å²) in [5.41, 5.74) is 9.18. The van der Waals surface area contributed by atoms with Gasteiger partial charge in [-0.2, -0.15) is 5.26 Å². The molecule has 2 aromatic carbocycles. The first-order valence-electron chi connectivity index (χ1n) is 6.79. The molecule has 20 heavy (non-hydrogen) atoms. The van der Waals surface area contributed by atoms with Crippen molar-refractivity contribution in [1.29, 1.82) is 5.26 Å². The number of nitrogen functional groups attached to an aromatic ring is 1. The van der Waals surface area contributed by atoms with Crippen LogP contribution >= 0.6 is 0 Å². The highest BCUT2D eigenvalue weighted by atomic mass is 14.9. The number of rotatable bonds is 5. The Balaban J connectivity index is 1.95. The van der Waals surface area contributed by atoms with Crippen LogP contribution < -0.4 is 11.1 Å². The number of nitrogens with zero attached hydrogens (tertiary/aromatic N) is 1. The second-order valence-electron chi connectivity index (χ2n) is 4.95. The molecule has 0 fully saturated rings. The molecule has 0 bridgehead atoms. The Hall–Kier alpha value is -2.47. The van der Waals surface area contributed by atoms with Gasteiger partial charge in [-0.1, -0.05) is 36.4 Å². The van der Waals surface area contributed by atoms with Crippen molar-refractivity contribution < 1.29 is 0 Å². The second kappa shape index (κ2) is 6.63. The Labute approximate surface area is 120 Å². The fraction of sp³-hybridized carbons (Fsp3) is 0.235. The minimum Gasteiger partial charge on any atom is -0.396 e. The van der Waals surface area contributed by atoms with Crippen molar-refractivity contribution in [1.82, 2.24) is 0 Å². The van der Waals surface area contributed by atoms with Crippen LogP contribution in [0, 0.1) is 11.3 Å². The highest BCUT2D eigenvalue weighted by Crippen LogP contribution is 2.23. The standard InChI is InChI=1S/C17H19N3/c1-13(10-11-14-6-3-2-4-7-14)20-16-9-5-8-15(12-18)17(16)19/h2-9,13,20H,10-11,19H2,1H3. The number of benzene rings is 2. The van der Waals surface area contributed by atoms with Crippen molar-refractivity contribution in [2.24, 2.45) is 0 Å². The quantitative estimate of drug-likeness (QED) is 0.812. The van der Waals surface area contributed by atoms with Gasteiger partial charge in [0.25, 0.3) is 0 Å². The fourth-order valence-electron chi connectivity index (χ4n) is 2.15.